The van der Waals surface area contributed by atoms with E-state index in [-0.39, 0.29) is 62.1 Å². The molecule has 7 aromatic carbocycles. The molecule has 0 radical (unpaired) electrons. The van der Waals surface area contributed by atoms with Gasteiger partial charge in [0, 0.05) is 24.4 Å². The summed E-state index contributed by atoms with van der Waals surface area (Å²) in [6.07, 6.45) is -4.58. The molecule has 6 N–H and O–H groups in total. The van der Waals surface area contributed by atoms with Crippen molar-refractivity contribution in [3.63, 3.8) is 0 Å². The molecule has 0 saturated carbocycles. The van der Waals surface area contributed by atoms with Crippen LogP contribution in [0, 0.1) is 29.1 Å². The molecule has 0 aliphatic rings. The summed E-state index contributed by atoms with van der Waals surface area (Å²) in [5.74, 6) is -17.3. The molecular formula is C59H52ClF5N4O11. The lowest BCUT2D eigenvalue weighted by Crippen LogP contribution is -2.51. The lowest BCUT2D eigenvalue weighted by Gasteiger charge is -2.22. The van der Waals surface area contributed by atoms with Gasteiger partial charge in [0.25, 0.3) is 0 Å². The van der Waals surface area contributed by atoms with Crippen molar-refractivity contribution in [2.45, 2.75) is 69.9 Å². The Bertz CT molecular complexity index is 3230. The second-order valence-corrected chi connectivity index (χ2v) is 18.4. The van der Waals surface area contributed by atoms with Crippen LogP contribution in [-0.2, 0) is 67.9 Å². The smallest absolute Gasteiger partial charge is 0.408 e. The summed E-state index contributed by atoms with van der Waals surface area (Å²) < 4.78 is 99.6. The molecule has 7 aromatic rings. The van der Waals surface area contributed by atoms with Crippen LogP contribution in [0.25, 0.3) is 11.1 Å². The van der Waals surface area contributed by atoms with Gasteiger partial charge in [-0.3, -0.25) is 4.79 Å². The minimum atomic E-state index is -2.49. The van der Waals surface area contributed by atoms with E-state index in [2.05, 4.69) is 16.0 Å². The molecule has 15 nitrogen and oxygen atoms in total. The summed E-state index contributed by atoms with van der Waals surface area (Å²) in [5, 5.41) is 18.2. The average molecular weight is 1120 g/mol. The maximum atomic E-state index is 14.9. The van der Waals surface area contributed by atoms with Gasteiger partial charge in [-0.1, -0.05) is 145 Å². The van der Waals surface area contributed by atoms with Crippen LogP contribution in [0.1, 0.15) is 39.8 Å². The molecule has 0 aliphatic carbocycles. The molecule has 3 amide bonds. The maximum Gasteiger partial charge on any atom is 0.408 e. The second-order valence-electron chi connectivity index (χ2n) is 18.0. The predicted molar refractivity (Wildman–Crippen MR) is 282 cm³/mol. The highest BCUT2D eigenvalue weighted by Gasteiger charge is 2.33. The number of esters is 2. The summed E-state index contributed by atoms with van der Waals surface area (Å²) >= 11 is 6.77. The predicted octanol–water partition coefficient (Wildman–Crippen LogP) is 9.50. The van der Waals surface area contributed by atoms with Crippen LogP contribution in [0.2, 0.25) is 5.02 Å². The number of rotatable bonds is 24. The third-order valence-corrected chi connectivity index (χ3v) is 12.4. The number of nitrogens with two attached hydrogens (primary N) is 1. The molecule has 0 aromatic heterocycles. The first kappa shape index (κ1) is 58.8. The first-order chi connectivity index (χ1) is 38.5. The van der Waals surface area contributed by atoms with Gasteiger partial charge in [-0.15, -0.1) is 0 Å². The van der Waals surface area contributed by atoms with Gasteiger partial charge in [0.15, 0.2) is 0 Å². The van der Waals surface area contributed by atoms with Gasteiger partial charge in [-0.05, 0) is 75.2 Å². The fourth-order valence-electron chi connectivity index (χ4n) is 7.85. The number of hydrogen-bond acceptors (Lipinski definition) is 12. The van der Waals surface area contributed by atoms with E-state index in [4.69, 9.17) is 41.0 Å². The SMILES string of the molecule is N[C@@H](C[C@@H](O)CNC(=O)OCc1ccccc1)C(=O)N[C@@H](Cc1cc(-c2ccc(OCc3ccccc3)c(C[C@H](NC(=O)OCc3ccccc3)C(=O)Oc3c(F)c(F)c(F)c(F)c3F)c2)ccc1Cl)C(=O)OCc1ccccc1. The highest BCUT2D eigenvalue weighted by atomic mass is 35.5. The number of aliphatic hydroxyl groups is 1. The van der Waals surface area contributed by atoms with E-state index in [0.29, 0.717) is 33.4 Å². The monoisotopic (exact) mass is 1120 g/mol. The van der Waals surface area contributed by atoms with E-state index in [1.807, 2.05) is 6.07 Å². The highest BCUT2D eigenvalue weighted by molar-refractivity contribution is 6.31. The number of hydrogen-bond donors (Lipinski definition) is 5. The number of carbonyl (C=O) groups is 5. The van der Waals surface area contributed by atoms with Gasteiger partial charge in [0.2, 0.25) is 40.7 Å². The molecule has 416 valence electrons. The Labute approximate surface area is 460 Å². The zero-order chi connectivity index (χ0) is 57.1. The van der Waals surface area contributed by atoms with Crippen molar-refractivity contribution in [2.24, 2.45) is 5.73 Å². The molecule has 80 heavy (non-hydrogen) atoms. The minimum absolute atomic E-state index is 0.0203. The Kier molecular flexibility index (Phi) is 21.1. The third kappa shape index (κ3) is 16.8. The lowest BCUT2D eigenvalue weighted by molar-refractivity contribution is -0.149. The van der Waals surface area contributed by atoms with Crippen molar-refractivity contribution in [1.29, 1.82) is 0 Å². The fraction of sp³-hybridized carbons (Fsp3) is 0.203. The summed E-state index contributed by atoms with van der Waals surface area (Å²) in [6, 6.07) is 39.4. The standard InChI is InChI=1S/C59H52ClF5N4O11/c60-44-23-21-39(25-41(44)27-46(56(72)77-32-36-15-7-2-8-16-36)68-55(71)45(66)29-43(70)30-67-58(74)78-33-37-17-9-3-10-18-37)40-22-24-48(76-31-35-13-5-1-6-14-35)42(26-40)28-47(69-59(75)79-34-38-19-11-4-12-20-38)57(73)80-54-52(64)50(62)49(61)51(63)53(54)65/h1-26,43,45-47,70H,27-34,66H2,(H,67,74)(H,68,71)(H,69,75)/t43-,45+,46+,47+/m1/s1. The van der Waals surface area contributed by atoms with Crippen molar-refractivity contribution >= 4 is 41.6 Å². The van der Waals surface area contributed by atoms with E-state index in [1.165, 1.54) is 18.2 Å². The Hall–Kier alpha value is -8.85. The lowest BCUT2D eigenvalue weighted by atomic mass is 9.95. The van der Waals surface area contributed by atoms with Crippen LogP contribution in [0.4, 0.5) is 31.5 Å². The molecule has 21 heteroatoms. The largest absolute Gasteiger partial charge is 0.489 e. The number of benzene rings is 7. The number of alkyl carbamates (subject to hydrolysis) is 2. The molecule has 0 fully saturated rings. The summed E-state index contributed by atoms with van der Waals surface area (Å²) in [7, 11) is 0. The van der Waals surface area contributed by atoms with E-state index in [9.17, 15) is 51.0 Å². The van der Waals surface area contributed by atoms with Crippen LogP contribution in [0.15, 0.2) is 158 Å². The van der Waals surface area contributed by atoms with Crippen LogP contribution in [-0.4, -0.2) is 65.9 Å². The van der Waals surface area contributed by atoms with E-state index < -0.39 is 95.5 Å². The number of halogens is 6. The summed E-state index contributed by atoms with van der Waals surface area (Å²) in [4.78, 5) is 67.1. The first-order valence-corrected chi connectivity index (χ1v) is 25.1. The van der Waals surface area contributed by atoms with E-state index in [0.717, 1.165) is 5.56 Å². The van der Waals surface area contributed by atoms with Crippen molar-refractivity contribution in [2.75, 3.05) is 6.54 Å². The number of nitrogens with one attached hydrogen (secondary N) is 3. The molecule has 0 aliphatic heterocycles. The number of amides is 3. The molecule has 0 bridgehead atoms. The van der Waals surface area contributed by atoms with Crippen molar-refractivity contribution in [3.8, 4) is 22.6 Å². The van der Waals surface area contributed by atoms with Gasteiger partial charge < -0.3 is 50.5 Å². The minimum Gasteiger partial charge on any atom is -0.489 e. The maximum absolute atomic E-state index is 14.9. The summed E-state index contributed by atoms with van der Waals surface area (Å²) in [5.41, 5.74) is 10.1. The summed E-state index contributed by atoms with van der Waals surface area (Å²) in [6.45, 7) is -0.838. The van der Waals surface area contributed by atoms with Gasteiger partial charge in [0.1, 0.15) is 44.3 Å². The topological polar surface area (TPSA) is 214 Å². The average Bonchev–Trinajstić information content (AvgIpc) is 3.47. The molecule has 4 atom stereocenters. The highest BCUT2D eigenvalue weighted by Crippen LogP contribution is 2.33. The van der Waals surface area contributed by atoms with Crippen LogP contribution < -0.4 is 31.2 Å². The van der Waals surface area contributed by atoms with E-state index >= 15 is 0 Å². The molecule has 0 heterocycles. The Balaban J connectivity index is 1.15. The van der Waals surface area contributed by atoms with Crippen LogP contribution >= 0.6 is 11.6 Å². The van der Waals surface area contributed by atoms with Gasteiger partial charge in [-0.2, -0.15) is 8.78 Å². The van der Waals surface area contributed by atoms with Gasteiger partial charge in [-0.25, -0.2) is 32.3 Å². The molecule has 0 unspecified atom stereocenters. The zero-order valence-electron chi connectivity index (χ0n) is 42.4. The van der Waals surface area contributed by atoms with Crippen molar-refractivity contribution in [1.82, 2.24) is 16.0 Å². The quantitative estimate of drug-likeness (QED) is 0.00956. The molecule has 0 saturated heterocycles. The fourth-order valence-corrected chi connectivity index (χ4v) is 8.05. The number of carbonyl (C=O) groups excluding carboxylic acids is 5. The molecular weight excluding hydrogens is 1070 g/mol. The normalized spacial score (nSPS) is 12.4. The van der Waals surface area contributed by atoms with Crippen molar-refractivity contribution in [3.05, 3.63) is 225 Å². The zero-order valence-corrected chi connectivity index (χ0v) is 43.1. The second kappa shape index (κ2) is 28.7. The van der Waals surface area contributed by atoms with Crippen LogP contribution in [0.3, 0.4) is 0 Å². The van der Waals surface area contributed by atoms with Gasteiger partial charge in [0.05, 0.1) is 12.1 Å². The van der Waals surface area contributed by atoms with Crippen molar-refractivity contribution < 1.29 is 74.7 Å². The first-order valence-electron chi connectivity index (χ1n) is 24.7. The Morgan fingerprint density at radius 1 is 0.525 bits per heavy atom. The Morgan fingerprint density at radius 3 is 1.52 bits per heavy atom. The number of ether oxygens (including phenoxy) is 5. The van der Waals surface area contributed by atoms with Crippen LogP contribution in [0.5, 0.6) is 11.5 Å². The van der Waals surface area contributed by atoms with E-state index in [1.54, 1.807) is 133 Å². The van der Waals surface area contributed by atoms with Gasteiger partial charge >= 0.3 is 24.1 Å². The molecule has 0 spiro atoms. The molecule has 7 rings (SSSR count). The third-order valence-electron chi connectivity index (χ3n) is 12.1. The number of aliphatic hydroxyl groups excluding tert-OH is 1. The Morgan fingerprint density at radius 2 is 0.975 bits per heavy atom.